The molecule has 7 nitrogen and oxygen atoms in total. The minimum atomic E-state index is -2.04. The van der Waals surface area contributed by atoms with E-state index in [4.69, 9.17) is 44.3 Å². The summed E-state index contributed by atoms with van der Waals surface area (Å²) in [5.41, 5.74) is 3.57. The van der Waals surface area contributed by atoms with Crippen molar-refractivity contribution in [3.05, 3.63) is 101 Å². The fraction of sp³-hybridized carbons (Fsp3) is 0.310. The van der Waals surface area contributed by atoms with Gasteiger partial charge in [-0.05, 0) is 28.8 Å². The van der Waals surface area contributed by atoms with Crippen LogP contribution in [-0.2, 0) is 27.4 Å². The molecule has 1 aliphatic heterocycles. The lowest BCUT2D eigenvalue weighted by molar-refractivity contribution is -0.268. The number of aliphatic hydroxyl groups is 1. The number of aliphatic hydroxyl groups excluding tert-OH is 1. The Hall–Kier alpha value is -2.30. The van der Waals surface area contributed by atoms with Crippen molar-refractivity contribution < 1.29 is 29.3 Å². The van der Waals surface area contributed by atoms with Crippen LogP contribution in [0.25, 0.3) is 0 Å². The Bertz CT molecular complexity index is 1320. The molecular weight excluding hydrogens is 597 g/mol. The summed E-state index contributed by atoms with van der Waals surface area (Å²) in [5, 5.41) is 21.6. The van der Waals surface area contributed by atoms with Gasteiger partial charge in [0.2, 0.25) is 0 Å². The molecule has 3 aromatic carbocycles. The van der Waals surface area contributed by atoms with Crippen molar-refractivity contribution in [2.45, 2.75) is 47.3 Å². The highest BCUT2D eigenvalue weighted by atomic mass is 35.6. The summed E-state index contributed by atoms with van der Waals surface area (Å²) in [4.78, 5) is 24.2. The molecular formula is C29H28Cl3NO6S. The van der Waals surface area contributed by atoms with Gasteiger partial charge in [0, 0.05) is 28.7 Å². The molecule has 1 fully saturated rings. The highest BCUT2D eigenvalue weighted by molar-refractivity contribution is 7.99. The average Bonchev–Trinajstić information content (AvgIpc) is 2.95. The number of rotatable bonds is 9. The molecule has 40 heavy (non-hydrogen) atoms. The Morgan fingerprint density at radius 2 is 1.55 bits per heavy atom. The molecule has 1 heterocycles. The second-order valence-electron chi connectivity index (χ2n) is 9.36. The van der Waals surface area contributed by atoms with E-state index in [-0.39, 0.29) is 36.8 Å². The Kier molecular flexibility index (Phi) is 10.4. The molecule has 11 heteroatoms. The van der Waals surface area contributed by atoms with Gasteiger partial charge in [-0.1, -0.05) is 102 Å². The first-order valence-corrected chi connectivity index (χ1v) is 14.6. The van der Waals surface area contributed by atoms with E-state index in [1.165, 1.54) is 11.8 Å². The number of hydrogen-bond donors (Lipinski definition) is 3. The van der Waals surface area contributed by atoms with E-state index in [2.05, 4.69) is 5.32 Å². The number of amides is 1. The first-order chi connectivity index (χ1) is 19.1. The van der Waals surface area contributed by atoms with Crippen LogP contribution in [0.1, 0.15) is 51.9 Å². The van der Waals surface area contributed by atoms with Crippen LogP contribution >= 0.6 is 46.6 Å². The zero-order valence-corrected chi connectivity index (χ0v) is 24.5. The highest BCUT2D eigenvalue weighted by Gasteiger charge is 2.38. The Morgan fingerprint density at radius 3 is 2.17 bits per heavy atom. The van der Waals surface area contributed by atoms with Gasteiger partial charge in [-0.25, -0.2) is 4.79 Å². The zero-order valence-electron chi connectivity index (χ0n) is 21.4. The van der Waals surface area contributed by atoms with E-state index >= 15 is 0 Å². The number of carbonyl (C=O) groups excluding carboxylic acids is 1. The number of nitrogens with one attached hydrogen (secondary N) is 1. The molecule has 3 aromatic rings. The van der Waals surface area contributed by atoms with Crippen LogP contribution in [0.3, 0.4) is 0 Å². The topological polar surface area (TPSA) is 105 Å². The predicted octanol–water partition coefficient (Wildman–Crippen LogP) is 6.45. The maximum atomic E-state index is 11.9. The van der Waals surface area contributed by atoms with Crippen LogP contribution < -0.4 is 5.32 Å². The van der Waals surface area contributed by atoms with E-state index in [0.29, 0.717) is 10.6 Å². The molecule has 0 bridgehead atoms. The molecule has 0 saturated carbocycles. The standard InChI is InChI=1S/C29H28Cl3NO6S/c1-17-23(16-40-24-5-3-2-4-22(24)26(35)36)38-27(39-25(17)20-10-8-19(15-34)9-11-20)21-12-6-18(7-13-21)14-33-28(37)29(30,31)32/h2-13,17,23,25,27,34H,14-16H2,1H3,(H,33,37)(H,35,36). The molecule has 4 rings (SSSR count). The van der Waals surface area contributed by atoms with Gasteiger partial charge in [-0.3, -0.25) is 4.79 Å². The van der Waals surface area contributed by atoms with Crippen molar-refractivity contribution in [1.82, 2.24) is 5.32 Å². The molecule has 0 aromatic heterocycles. The normalized spacial score (nSPS) is 21.1. The number of hydrogen-bond acceptors (Lipinski definition) is 6. The van der Waals surface area contributed by atoms with Crippen LogP contribution in [0.2, 0.25) is 0 Å². The third-order valence-electron chi connectivity index (χ3n) is 6.61. The van der Waals surface area contributed by atoms with Gasteiger partial charge in [0.05, 0.1) is 24.4 Å². The van der Waals surface area contributed by atoms with E-state index in [0.717, 1.165) is 22.3 Å². The monoisotopic (exact) mass is 623 g/mol. The maximum absolute atomic E-state index is 11.9. The lowest BCUT2D eigenvalue weighted by Gasteiger charge is -2.41. The van der Waals surface area contributed by atoms with Gasteiger partial charge in [0.1, 0.15) is 0 Å². The Morgan fingerprint density at radius 1 is 0.925 bits per heavy atom. The number of benzene rings is 3. The van der Waals surface area contributed by atoms with Crippen molar-refractivity contribution in [1.29, 1.82) is 0 Å². The zero-order chi connectivity index (χ0) is 28.9. The van der Waals surface area contributed by atoms with Crippen molar-refractivity contribution in [3.8, 4) is 0 Å². The summed E-state index contributed by atoms with van der Waals surface area (Å²) in [5.74, 6) is -1.24. The highest BCUT2D eigenvalue weighted by Crippen LogP contribution is 2.43. The molecule has 0 radical (unpaired) electrons. The number of aromatic carboxylic acids is 1. The second kappa shape index (κ2) is 13.6. The number of carbonyl (C=O) groups is 2. The molecule has 1 saturated heterocycles. The quantitative estimate of drug-likeness (QED) is 0.186. The minimum absolute atomic E-state index is 0.0518. The van der Waals surface area contributed by atoms with Crippen molar-refractivity contribution >= 4 is 58.4 Å². The molecule has 212 valence electrons. The maximum Gasteiger partial charge on any atom is 0.336 e. The predicted molar refractivity (Wildman–Crippen MR) is 156 cm³/mol. The van der Waals surface area contributed by atoms with E-state index in [1.54, 1.807) is 18.2 Å². The van der Waals surface area contributed by atoms with Crippen molar-refractivity contribution in [3.63, 3.8) is 0 Å². The molecule has 4 unspecified atom stereocenters. The van der Waals surface area contributed by atoms with Crippen LogP contribution in [-0.4, -0.2) is 37.7 Å². The van der Waals surface area contributed by atoms with Gasteiger partial charge in [-0.15, -0.1) is 11.8 Å². The smallest absolute Gasteiger partial charge is 0.336 e. The van der Waals surface area contributed by atoms with Crippen LogP contribution in [0, 0.1) is 5.92 Å². The summed E-state index contributed by atoms with van der Waals surface area (Å²) in [6.07, 6.45) is -1.27. The van der Waals surface area contributed by atoms with Gasteiger partial charge in [0.15, 0.2) is 6.29 Å². The molecule has 1 amide bonds. The number of ether oxygens (including phenoxy) is 2. The fourth-order valence-corrected chi connectivity index (χ4v) is 5.74. The molecule has 4 atom stereocenters. The first-order valence-electron chi connectivity index (χ1n) is 12.5. The van der Waals surface area contributed by atoms with Gasteiger partial charge < -0.3 is 25.0 Å². The summed E-state index contributed by atoms with van der Waals surface area (Å²) in [6, 6.07) is 21.9. The summed E-state index contributed by atoms with van der Waals surface area (Å²) in [7, 11) is 0. The van der Waals surface area contributed by atoms with Gasteiger partial charge >= 0.3 is 5.97 Å². The summed E-state index contributed by atoms with van der Waals surface area (Å²) in [6.45, 7) is 2.17. The SMILES string of the molecule is CC1C(CSc2ccccc2C(=O)O)OC(c2ccc(CNC(=O)C(Cl)(Cl)Cl)cc2)OC1c1ccc(CO)cc1. The number of carboxylic acids is 1. The van der Waals surface area contributed by atoms with Gasteiger partial charge in [-0.2, -0.15) is 0 Å². The number of alkyl halides is 3. The average molecular weight is 625 g/mol. The molecule has 0 spiro atoms. The number of thioether (sulfide) groups is 1. The van der Waals surface area contributed by atoms with Crippen LogP contribution in [0.4, 0.5) is 0 Å². The first kappa shape index (κ1) is 30.7. The Balaban J connectivity index is 1.54. The summed E-state index contributed by atoms with van der Waals surface area (Å²) < 4.78 is 10.9. The largest absolute Gasteiger partial charge is 0.478 e. The minimum Gasteiger partial charge on any atom is -0.478 e. The van der Waals surface area contributed by atoms with E-state index in [1.807, 2.05) is 61.5 Å². The molecule has 1 aliphatic rings. The van der Waals surface area contributed by atoms with E-state index < -0.39 is 22.0 Å². The Labute approximate surface area is 251 Å². The van der Waals surface area contributed by atoms with Crippen molar-refractivity contribution in [2.24, 2.45) is 5.92 Å². The van der Waals surface area contributed by atoms with Crippen LogP contribution in [0.5, 0.6) is 0 Å². The van der Waals surface area contributed by atoms with Crippen molar-refractivity contribution in [2.75, 3.05) is 5.75 Å². The van der Waals surface area contributed by atoms with E-state index in [9.17, 15) is 19.8 Å². The second-order valence-corrected chi connectivity index (χ2v) is 12.7. The number of carboxylic acid groups (broad SMARTS) is 1. The lowest BCUT2D eigenvalue weighted by Crippen LogP contribution is -2.38. The van der Waals surface area contributed by atoms with Gasteiger partial charge in [0.25, 0.3) is 9.70 Å². The molecule has 3 N–H and O–H groups in total. The fourth-order valence-electron chi connectivity index (χ4n) is 4.33. The van der Waals surface area contributed by atoms with Crippen LogP contribution in [0.15, 0.2) is 77.7 Å². The third-order valence-corrected chi connectivity index (χ3v) is 8.28. The third kappa shape index (κ3) is 7.70. The lowest BCUT2D eigenvalue weighted by atomic mass is 9.91. The number of halogens is 3. The molecule has 0 aliphatic carbocycles. The summed E-state index contributed by atoms with van der Waals surface area (Å²) >= 11 is 18.3.